The normalized spacial score (nSPS) is 21.1. The Balaban J connectivity index is 1.50. The van der Waals surface area contributed by atoms with Crippen molar-refractivity contribution in [3.8, 4) is 0 Å². The van der Waals surface area contributed by atoms with Crippen molar-refractivity contribution < 1.29 is 4.79 Å². The summed E-state index contributed by atoms with van der Waals surface area (Å²) in [7, 11) is 0. The molecule has 1 atom stereocenters. The molecule has 1 amide bonds. The average Bonchev–Trinajstić information content (AvgIpc) is 3.37. The van der Waals surface area contributed by atoms with Crippen LogP contribution in [0.3, 0.4) is 0 Å². The van der Waals surface area contributed by atoms with Crippen LogP contribution in [0.4, 0.5) is 0 Å². The largest absolute Gasteiger partial charge is 0.357 e. The summed E-state index contributed by atoms with van der Waals surface area (Å²) >= 11 is 1.76. The summed E-state index contributed by atoms with van der Waals surface area (Å²) in [5, 5.41) is 7.99. The third-order valence-electron chi connectivity index (χ3n) is 5.50. The molecule has 1 aromatic rings. The second-order valence-electron chi connectivity index (χ2n) is 7.65. The van der Waals surface area contributed by atoms with Crippen molar-refractivity contribution in [1.82, 2.24) is 20.5 Å². The van der Waals surface area contributed by atoms with Gasteiger partial charge >= 0.3 is 0 Å². The number of guanidine groups is 1. The lowest BCUT2D eigenvalue weighted by Gasteiger charge is -2.21. The number of carbonyl (C=O) groups excluding carboxylic acids is 1. The number of aryl methyl sites for hydroxylation is 2. The van der Waals surface area contributed by atoms with Gasteiger partial charge in [-0.2, -0.15) is 0 Å². The first-order valence-corrected chi connectivity index (χ1v) is 11.1. The van der Waals surface area contributed by atoms with E-state index in [1.807, 2.05) is 0 Å². The number of thiazole rings is 1. The highest BCUT2D eigenvalue weighted by atomic mass is 32.1. The molecule has 0 spiro atoms. The first kappa shape index (κ1) is 20.1. The number of likely N-dealkylation sites (tertiary alicyclic amines) is 1. The SMILES string of the molecule is CCNC(=NCCc1sc(C)nc1C)NC1CCN(C(=O)C2CCCC2)C1. The number of amides is 1. The van der Waals surface area contributed by atoms with E-state index in [0.29, 0.717) is 11.9 Å². The van der Waals surface area contributed by atoms with Gasteiger partial charge in [-0.05, 0) is 40.0 Å². The molecule has 2 heterocycles. The van der Waals surface area contributed by atoms with E-state index in [1.165, 1.54) is 17.7 Å². The van der Waals surface area contributed by atoms with Crippen molar-refractivity contribution in [1.29, 1.82) is 0 Å². The molecule has 27 heavy (non-hydrogen) atoms. The van der Waals surface area contributed by atoms with Gasteiger partial charge in [0.25, 0.3) is 0 Å². The number of hydrogen-bond acceptors (Lipinski definition) is 4. The topological polar surface area (TPSA) is 69.6 Å². The van der Waals surface area contributed by atoms with E-state index in [1.54, 1.807) is 11.3 Å². The van der Waals surface area contributed by atoms with E-state index >= 15 is 0 Å². The average molecular weight is 392 g/mol. The molecule has 0 aromatic carbocycles. The molecule has 0 bridgehead atoms. The highest BCUT2D eigenvalue weighted by molar-refractivity contribution is 7.11. The molecular weight excluding hydrogens is 358 g/mol. The molecule has 7 heteroatoms. The smallest absolute Gasteiger partial charge is 0.225 e. The number of nitrogens with zero attached hydrogens (tertiary/aromatic N) is 3. The van der Waals surface area contributed by atoms with Crippen molar-refractivity contribution in [2.75, 3.05) is 26.2 Å². The van der Waals surface area contributed by atoms with Crippen LogP contribution in [0.5, 0.6) is 0 Å². The van der Waals surface area contributed by atoms with Crippen LogP contribution in [0.1, 0.15) is 54.6 Å². The van der Waals surface area contributed by atoms with Gasteiger partial charge in [-0.1, -0.05) is 12.8 Å². The third kappa shape index (κ3) is 5.43. The summed E-state index contributed by atoms with van der Waals surface area (Å²) in [5.41, 5.74) is 1.13. The van der Waals surface area contributed by atoms with Gasteiger partial charge in [0.05, 0.1) is 10.7 Å². The minimum atomic E-state index is 0.275. The number of nitrogens with one attached hydrogen (secondary N) is 2. The fourth-order valence-corrected chi connectivity index (χ4v) is 5.02. The van der Waals surface area contributed by atoms with Crippen LogP contribution in [0.15, 0.2) is 4.99 Å². The molecule has 0 radical (unpaired) electrons. The van der Waals surface area contributed by atoms with Gasteiger partial charge in [0.15, 0.2) is 5.96 Å². The summed E-state index contributed by atoms with van der Waals surface area (Å²) in [6.45, 7) is 9.45. The maximum absolute atomic E-state index is 12.6. The van der Waals surface area contributed by atoms with Gasteiger partial charge in [-0.25, -0.2) is 4.98 Å². The fraction of sp³-hybridized carbons (Fsp3) is 0.750. The van der Waals surface area contributed by atoms with E-state index < -0.39 is 0 Å². The van der Waals surface area contributed by atoms with Crippen molar-refractivity contribution in [3.63, 3.8) is 0 Å². The van der Waals surface area contributed by atoms with Crippen molar-refractivity contribution in [3.05, 3.63) is 15.6 Å². The maximum Gasteiger partial charge on any atom is 0.225 e. The van der Waals surface area contributed by atoms with Crippen LogP contribution in [-0.2, 0) is 11.2 Å². The quantitative estimate of drug-likeness (QED) is 0.578. The number of rotatable bonds is 6. The second-order valence-corrected chi connectivity index (χ2v) is 8.94. The Morgan fingerprint density at radius 1 is 1.30 bits per heavy atom. The Kier molecular flexibility index (Phi) is 7.10. The number of aromatic nitrogens is 1. The zero-order valence-electron chi connectivity index (χ0n) is 16.9. The molecule has 1 aromatic heterocycles. The van der Waals surface area contributed by atoms with Crippen LogP contribution in [0, 0.1) is 19.8 Å². The van der Waals surface area contributed by atoms with Crippen LogP contribution in [0.2, 0.25) is 0 Å². The number of carbonyl (C=O) groups is 1. The van der Waals surface area contributed by atoms with Crippen LogP contribution >= 0.6 is 11.3 Å². The summed E-state index contributed by atoms with van der Waals surface area (Å²) in [6, 6.07) is 0.292. The van der Waals surface area contributed by atoms with Crippen molar-refractivity contribution in [2.45, 2.75) is 65.3 Å². The monoisotopic (exact) mass is 391 g/mol. The first-order valence-electron chi connectivity index (χ1n) is 10.3. The highest BCUT2D eigenvalue weighted by Gasteiger charge is 2.32. The third-order valence-corrected chi connectivity index (χ3v) is 6.63. The minimum absolute atomic E-state index is 0.275. The predicted molar refractivity (Wildman–Crippen MR) is 111 cm³/mol. The first-order chi connectivity index (χ1) is 13.1. The summed E-state index contributed by atoms with van der Waals surface area (Å²) in [6.07, 6.45) is 6.49. The molecule has 2 fully saturated rings. The van der Waals surface area contributed by atoms with Gasteiger partial charge in [-0.15, -0.1) is 11.3 Å². The molecular formula is C20H33N5OS. The minimum Gasteiger partial charge on any atom is -0.357 e. The van der Waals surface area contributed by atoms with Gasteiger partial charge < -0.3 is 15.5 Å². The Labute approximate surface area is 166 Å². The second kappa shape index (κ2) is 9.53. The number of hydrogen-bond donors (Lipinski definition) is 2. The van der Waals surface area contributed by atoms with Gasteiger partial charge in [0.1, 0.15) is 0 Å². The number of aliphatic imine (C=N–C) groups is 1. The Morgan fingerprint density at radius 2 is 2.07 bits per heavy atom. The maximum atomic E-state index is 12.6. The van der Waals surface area contributed by atoms with Gasteiger partial charge in [-0.3, -0.25) is 9.79 Å². The molecule has 150 valence electrons. The molecule has 1 unspecified atom stereocenters. The predicted octanol–water partition coefficient (Wildman–Crippen LogP) is 2.65. The van der Waals surface area contributed by atoms with E-state index in [9.17, 15) is 4.79 Å². The van der Waals surface area contributed by atoms with Gasteiger partial charge in [0, 0.05) is 49.4 Å². The van der Waals surface area contributed by atoms with Gasteiger partial charge in [0.2, 0.25) is 5.91 Å². The van der Waals surface area contributed by atoms with E-state index in [-0.39, 0.29) is 5.92 Å². The van der Waals surface area contributed by atoms with E-state index in [2.05, 4.69) is 41.3 Å². The zero-order valence-corrected chi connectivity index (χ0v) is 17.7. The Morgan fingerprint density at radius 3 is 2.74 bits per heavy atom. The molecule has 6 nitrogen and oxygen atoms in total. The van der Waals surface area contributed by atoms with Crippen molar-refractivity contribution >= 4 is 23.2 Å². The highest BCUT2D eigenvalue weighted by Crippen LogP contribution is 2.27. The fourth-order valence-electron chi connectivity index (χ4n) is 4.10. The lowest BCUT2D eigenvalue weighted by atomic mass is 10.1. The summed E-state index contributed by atoms with van der Waals surface area (Å²) < 4.78 is 0. The molecule has 3 rings (SSSR count). The molecule has 1 saturated carbocycles. The van der Waals surface area contributed by atoms with Crippen LogP contribution < -0.4 is 10.6 Å². The van der Waals surface area contributed by atoms with E-state index in [4.69, 9.17) is 4.99 Å². The molecule has 1 aliphatic heterocycles. The van der Waals surface area contributed by atoms with Crippen molar-refractivity contribution in [2.24, 2.45) is 10.9 Å². The standard InChI is InChI=1S/C20H33N5OS/c1-4-21-20(22-11-9-18-14(2)23-15(3)27-18)24-17-10-12-25(13-17)19(26)16-7-5-6-8-16/h16-17H,4-13H2,1-3H3,(H2,21,22,24). The van der Waals surface area contributed by atoms with Crippen LogP contribution in [-0.4, -0.2) is 54.0 Å². The lowest BCUT2D eigenvalue weighted by molar-refractivity contribution is -0.134. The molecule has 1 aliphatic carbocycles. The molecule has 2 aliphatic rings. The van der Waals surface area contributed by atoms with E-state index in [0.717, 1.165) is 68.5 Å². The Bertz CT molecular complexity index is 665. The lowest BCUT2D eigenvalue weighted by Crippen LogP contribution is -2.45. The summed E-state index contributed by atoms with van der Waals surface area (Å²) in [5.74, 6) is 1.50. The zero-order chi connectivity index (χ0) is 19.2. The molecule has 1 saturated heterocycles. The Hall–Kier alpha value is -1.63. The van der Waals surface area contributed by atoms with Crippen LogP contribution in [0.25, 0.3) is 0 Å². The molecule has 2 N–H and O–H groups in total. The summed E-state index contributed by atoms with van der Waals surface area (Å²) in [4.78, 5) is 25.2.